The van der Waals surface area contributed by atoms with Crippen molar-refractivity contribution in [3.63, 3.8) is 0 Å². The van der Waals surface area contributed by atoms with Crippen LogP contribution < -0.4 is 4.72 Å². The number of carbonyl (C=O) groups excluding carboxylic acids is 1. The predicted molar refractivity (Wildman–Crippen MR) is 93.4 cm³/mol. The molecule has 2 aromatic rings. The van der Waals surface area contributed by atoms with Crippen LogP contribution in [0.4, 0.5) is 4.79 Å². The van der Waals surface area contributed by atoms with Gasteiger partial charge in [0.15, 0.2) is 0 Å². The van der Waals surface area contributed by atoms with Gasteiger partial charge < -0.3 is 9.64 Å². The zero-order chi connectivity index (χ0) is 17.9. The second-order valence-electron chi connectivity index (χ2n) is 5.85. The summed E-state index contributed by atoms with van der Waals surface area (Å²) in [5.41, 5.74) is 2.83. The first-order chi connectivity index (χ1) is 12.0. The molecule has 1 heterocycles. The number of hydrogen-bond acceptors (Lipinski definition) is 4. The fourth-order valence-corrected chi connectivity index (χ4v) is 3.56. The van der Waals surface area contributed by atoms with Crippen LogP contribution in [-0.2, 0) is 34.3 Å². The lowest BCUT2D eigenvalue weighted by Gasteiger charge is -2.28. The Bertz CT molecular complexity index is 866. The third kappa shape index (κ3) is 4.00. The van der Waals surface area contributed by atoms with Crippen LogP contribution in [0.2, 0.25) is 0 Å². The van der Waals surface area contributed by atoms with Gasteiger partial charge in [-0.25, -0.2) is 17.9 Å². The molecule has 0 fully saturated rings. The van der Waals surface area contributed by atoms with Crippen molar-refractivity contribution in [2.75, 3.05) is 13.6 Å². The Hall–Kier alpha value is -2.38. The Balaban J connectivity index is 1.66. The second kappa shape index (κ2) is 7.25. The predicted octanol–water partition coefficient (Wildman–Crippen LogP) is 2.29. The number of nitrogens with zero attached hydrogens (tertiary/aromatic N) is 1. The minimum Gasteiger partial charge on any atom is -0.445 e. The van der Waals surface area contributed by atoms with Crippen molar-refractivity contribution in [1.29, 1.82) is 0 Å². The second-order valence-corrected chi connectivity index (χ2v) is 7.74. The molecule has 7 heteroatoms. The number of benzene rings is 2. The molecule has 1 aliphatic rings. The quantitative estimate of drug-likeness (QED) is 0.908. The molecular weight excluding hydrogens is 340 g/mol. The Kier molecular flexibility index (Phi) is 5.06. The van der Waals surface area contributed by atoms with E-state index < -0.39 is 10.0 Å². The van der Waals surface area contributed by atoms with E-state index in [1.54, 1.807) is 23.1 Å². The average Bonchev–Trinajstić information content (AvgIpc) is 2.66. The number of fused-ring (bicyclic) bond motifs is 1. The molecule has 25 heavy (non-hydrogen) atoms. The molecule has 132 valence electrons. The Morgan fingerprint density at radius 2 is 1.92 bits per heavy atom. The van der Waals surface area contributed by atoms with E-state index in [1.165, 1.54) is 7.05 Å². The Morgan fingerprint density at radius 3 is 2.64 bits per heavy atom. The lowest BCUT2D eigenvalue weighted by Crippen LogP contribution is -2.36. The maximum absolute atomic E-state index is 12.3. The highest BCUT2D eigenvalue weighted by Gasteiger charge is 2.23. The first-order valence-electron chi connectivity index (χ1n) is 8.00. The van der Waals surface area contributed by atoms with Crippen LogP contribution in [0.15, 0.2) is 53.4 Å². The minimum absolute atomic E-state index is 0.238. The summed E-state index contributed by atoms with van der Waals surface area (Å²) in [6, 6.07) is 14.5. The van der Waals surface area contributed by atoms with Gasteiger partial charge in [-0.15, -0.1) is 0 Å². The maximum Gasteiger partial charge on any atom is 0.410 e. The molecule has 2 aromatic carbocycles. The first-order valence-corrected chi connectivity index (χ1v) is 9.49. The summed E-state index contributed by atoms with van der Waals surface area (Å²) in [7, 11) is -2.07. The van der Waals surface area contributed by atoms with Crippen LogP contribution in [0, 0.1) is 0 Å². The lowest BCUT2D eigenvalue weighted by atomic mass is 10.0. The van der Waals surface area contributed by atoms with Crippen molar-refractivity contribution in [1.82, 2.24) is 9.62 Å². The van der Waals surface area contributed by atoms with Gasteiger partial charge in [-0.2, -0.15) is 0 Å². The van der Waals surface area contributed by atoms with Crippen LogP contribution in [0.3, 0.4) is 0 Å². The number of ether oxygens (including phenoxy) is 1. The van der Waals surface area contributed by atoms with E-state index in [4.69, 9.17) is 4.74 Å². The van der Waals surface area contributed by atoms with Gasteiger partial charge >= 0.3 is 6.09 Å². The Labute approximate surface area is 147 Å². The normalized spacial score (nSPS) is 14.0. The fraction of sp³-hybridized carbons (Fsp3) is 0.278. The van der Waals surface area contributed by atoms with Crippen LogP contribution in [0.5, 0.6) is 0 Å². The van der Waals surface area contributed by atoms with Gasteiger partial charge in [-0.05, 0) is 42.3 Å². The molecule has 0 aliphatic carbocycles. The van der Waals surface area contributed by atoms with Gasteiger partial charge in [0.1, 0.15) is 6.61 Å². The molecule has 1 N–H and O–H groups in total. The van der Waals surface area contributed by atoms with E-state index in [0.29, 0.717) is 19.5 Å². The van der Waals surface area contributed by atoms with Gasteiger partial charge in [-0.1, -0.05) is 36.4 Å². The number of nitrogens with one attached hydrogen (secondary N) is 1. The van der Waals surface area contributed by atoms with Gasteiger partial charge in [-0.3, -0.25) is 0 Å². The summed E-state index contributed by atoms with van der Waals surface area (Å²) in [6.07, 6.45) is 0.240. The molecule has 0 radical (unpaired) electrons. The average molecular weight is 360 g/mol. The molecule has 1 amide bonds. The van der Waals surface area contributed by atoms with E-state index >= 15 is 0 Å². The summed E-state index contributed by atoms with van der Waals surface area (Å²) in [4.78, 5) is 14.1. The van der Waals surface area contributed by atoms with E-state index in [1.807, 2.05) is 30.3 Å². The third-order valence-corrected chi connectivity index (χ3v) is 5.64. The van der Waals surface area contributed by atoms with Crippen LogP contribution >= 0.6 is 0 Å². The fourth-order valence-electron chi connectivity index (χ4n) is 2.78. The highest BCUT2D eigenvalue weighted by Crippen LogP contribution is 2.23. The third-order valence-electron chi connectivity index (χ3n) is 4.23. The van der Waals surface area contributed by atoms with Crippen molar-refractivity contribution in [2.24, 2.45) is 0 Å². The van der Waals surface area contributed by atoms with Crippen molar-refractivity contribution in [2.45, 2.75) is 24.5 Å². The monoisotopic (exact) mass is 360 g/mol. The lowest BCUT2D eigenvalue weighted by molar-refractivity contribution is 0.0918. The molecule has 0 bridgehead atoms. The highest BCUT2D eigenvalue weighted by atomic mass is 32.2. The molecule has 1 aliphatic heterocycles. The molecular formula is C18H20N2O4S. The first kappa shape index (κ1) is 17.4. The minimum atomic E-state index is -3.46. The molecule has 0 saturated carbocycles. The summed E-state index contributed by atoms with van der Waals surface area (Å²) < 4.78 is 31.4. The molecule has 6 nitrogen and oxygen atoms in total. The molecule has 0 saturated heterocycles. The summed E-state index contributed by atoms with van der Waals surface area (Å²) >= 11 is 0. The van der Waals surface area contributed by atoms with Crippen LogP contribution in [-0.4, -0.2) is 33.0 Å². The number of amides is 1. The van der Waals surface area contributed by atoms with Crippen molar-refractivity contribution >= 4 is 16.1 Å². The molecule has 0 unspecified atom stereocenters. The maximum atomic E-state index is 12.3. The smallest absolute Gasteiger partial charge is 0.410 e. The molecule has 0 aromatic heterocycles. The van der Waals surface area contributed by atoms with Crippen LogP contribution in [0.1, 0.15) is 16.7 Å². The highest BCUT2D eigenvalue weighted by molar-refractivity contribution is 7.89. The van der Waals surface area contributed by atoms with E-state index in [2.05, 4.69) is 4.72 Å². The van der Waals surface area contributed by atoms with Crippen molar-refractivity contribution in [3.8, 4) is 0 Å². The van der Waals surface area contributed by atoms with Crippen molar-refractivity contribution < 1.29 is 17.9 Å². The van der Waals surface area contributed by atoms with E-state index in [9.17, 15) is 13.2 Å². The number of carbonyl (C=O) groups is 1. The summed E-state index contributed by atoms with van der Waals surface area (Å²) in [6.45, 7) is 1.16. The van der Waals surface area contributed by atoms with Gasteiger partial charge in [0.05, 0.1) is 4.90 Å². The van der Waals surface area contributed by atoms with Crippen molar-refractivity contribution in [3.05, 3.63) is 65.2 Å². The van der Waals surface area contributed by atoms with Gasteiger partial charge in [0.2, 0.25) is 10.0 Å². The number of sulfonamides is 1. The largest absolute Gasteiger partial charge is 0.445 e. The Morgan fingerprint density at radius 1 is 1.16 bits per heavy atom. The van der Waals surface area contributed by atoms with Crippen LogP contribution in [0.25, 0.3) is 0 Å². The molecule has 0 spiro atoms. The topological polar surface area (TPSA) is 75.7 Å². The summed E-state index contributed by atoms with van der Waals surface area (Å²) in [5.74, 6) is 0. The van der Waals surface area contributed by atoms with E-state index in [-0.39, 0.29) is 17.6 Å². The zero-order valence-electron chi connectivity index (χ0n) is 13.9. The molecule has 3 rings (SSSR count). The van der Waals surface area contributed by atoms with Gasteiger partial charge in [0, 0.05) is 13.1 Å². The summed E-state index contributed by atoms with van der Waals surface area (Å²) in [5, 5.41) is 0. The zero-order valence-corrected chi connectivity index (χ0v) is 14.8. The van der Waals surface area contributed by atoms with E-state index in [0.717, 1.165) is 16.7 Å². The standard InChI is InChI=1S/C18H20N2O4S/c1-19-25(22,23)17-8-7-16-12-20(10-9-15(16)11-17)18(21)24-13-14-5-3-2-4-6-14/h2-8,11,19H,9-10,12-13H2,1H3. The molecule has 0 atom stereocenters. The SMILES string of the molecule is CNS(=O)(=O)c1ccc2c(c1)CCN(C(=O)OCc1ccccc1)C2. The number of hydrogen-bond donors (Lipinski definition) is 1. The van der Waals surface area contributed by atoms with Gasteiger partial charge in [0.25, 0.3) is 0 Å². The number of rotatable bonds is 4.